The molecule has 0 spiro atoms. The average molecular weight is 345 g/mol. The van der Waals surface area contributed by atoms with Crippen LogP contribution in [0.2, 0.25) is 0 Å². The number of likely N-dealkylation sites (tertiary alicyclic amines) is 1. The van der Waals surface area contributed by atoms with Gasteiger partial charge in [-0.15, -0.1) is 0 Å². The van der Waals surface area contributed by atoms with Gasteiger partial charge in [-0.25, -0.2) is 4.79 Å². The Labute approximate surface area is 146 Å². The zero-order chi connectivity index (χ0) is 18.2. The SMILES string of the molecule is Cc1ccc(N2CCC(NC(=O)N3CCC(C)(C(=O)O)C3)C2=O)cc1. The van der Waals surface area contributed by atoms with Crippen molar-refractivity contribution in [1.29, 1.82) is 0 Å². The van der Waals surface area contributed by atoms with E-state index in [1.54, 1.807) is 11.8 Å². The molecule has 1 aromatic carbocycles. The van der Waals surface area contributed by atoms with Crippen molar-refractivity contribution in [1.82, 2.24) is 10.2 Å². The predicted molar refractivity (Wildman–Crippen MR) is 92.4 cm³/mol. The molecule has 0 aromatic heterocycles. The molecule has 134 valence electrons. The molecule has 0 aliphatic carbocycles. The molecule has 2 saturated heterocycles. The van der Waals surface area contributed by atoms with Crippen molar-refractivity contribution in [2.24, 2.45) is 5.41 Å². The Morgan fingerprint density at radius 2 is 1.92 bits per heavy atom. The summed E-state index contributed by atoms with van der Waals surface area (Å²) in [5.74, 6) is -1.03. The molecule has 2 heterocycles. The summed E-state index contributed by atoms with van der Waals surface area (Å²) in [5.41, 5.74) is 1.04. The lowest BCUT2D eigenvalue weighted by Crippen LogP contribution is -2.48. The van der Waals surface area contributed by atoms with Crippen molar-refractivity contribution >= 4 is 23.6 Å². The lowest BCUT2D eigenvalue weighted by Gasteiger charge is -2.22. The van der Waals surface area contributed by atoms with Crippen LogP contribution in [0, 0.1) is 12.3 Å². The van der Waals surface area contributed by atoms with Crippen molar-refractivity contribution in [3.05, 3.63) is 29.8 Å². The van der Waals surface area contributed by atoms with Crippen molar-refractivity contribution < 1.29 is 19.5 Å². The lowest BCUT2D eigenvalue weighted by molar-refractivity contribution is -0.147. The molecule has 2 aliphatic rings. The zero-order valence-electron chi connectivity index (χ0n) is 14.5. The molecular weight excluding hydrogens is 322 g/mol. The maximum absolute atomic E-state index is 12.6. The highest BCUT2D eigenvalue weighted by molar-refractivity contribution is 6.01. The second kappa shape index (κ2) is 6.38. The standard InChI is InChI=1S/C18H23N3O4/c1-12-3-5-13(6-4-12)21-9-7-14(15(21)22)19-17(25)20-10-8-18(2,11-20)16(23)24/h3-6,14H,7-11H2,1-2H3,(H,19,25)(H,23,24). The first-order chi connectivity index (χ1) is 11.8. The fraction of sp³-hybridized carbons (Fsp3) is 0.500. The molecule has 7 nitrogen and oxygen atoms in total. The number of aliphatic carboxylic acids is 1. The number of carboxylic acids is 1. The van der Waals surface area contributed by atoms with E-state index in [0.29, 0.717) is 25.9 Å². The number of carbonyl (C=O) groups excluding carboxylic acids is 2. The molecule has 0 saturated carbocycles. The van der Waals surface area contributed by atoms with E-state index in [2.05, 4.69) is 5.32 Å². The smallest absolute Gasteiger partial charge is 0.318 e. The van der Waals surface area contributed by atoms with E-state index >= 15 is 0 Å². The second-order valence-electron chi connectivity index (χ2n) is 7.15. The summed E-state index contributed by atoms with van der Waals surface area (Å²) in [6.07, 6.45) is 0.965. The summed E-state index contributed by atoms with van der Waals surface area (Å²) in [5, 5.41) is 12.0. The normalized spacial score (nSPS) is 26.2. The minimum Gasteiger partial charge on any atom is -0.481 e. The van der Waals surface area contributed by atoms with Crippen molar-refractivity contribution in [3.63, 3.8) is 0 Å². The number of amides is 3. The van der Waals surface area contributed by atoms with Crippen LogP contribution in [0.3, 0.4) is 0 Å². The van der Waals surface area contributed by atoms with E-state index in [0.717, 1.165) is 11.3 Å². The van der Waals surface area contributed by atoms with Crippen LogP contribution in [0.1, 0.15) is 25.3 Å². The van der Waals surface area contributed by atoms with Gasteiger partial charge in [-0.1, -0.05) is 17.7 Å². The Hall–Kier alpha value is -2.57. The molecule has 2 fully saturated rings. The van der Waals surface area contributed by atoms with E-state index in [1.165, 1.54) is 4.90 Å². The molecule has 2 atom stereocenters. The average Bonchev–Trinajstić information content (AvgIpc) is 3.14. The number of nitrogens with one attached hydrogen (secondary N) is 1. The Balaban J connectivity index is 1.61. The number of benzene rings is 1. The molecule has 0 bridgehead atoms. The molecule has 0 radical (unpaired) electrons. The molecule has 2 N–H and O–H groups in total. The summed E-state index contributed by atoms with van der Waals surface area (Å²) in [6, 6.07) is 6.77. The third-order valence-electron chi connectivity index (χ3n) is 5.13. The molecule has 2 unspecified atom stereocenters. The van der Waals surface area contributed by atoms with E-state index in [9.17, 15) is 19.5 Å². The van der Waals surface area contributed by atoms with Crippen LogP contribution in [-0.4, -0.2) is 53.6 Å². The molecular formula is C18H23N3O4. The first kappa shape index (κ1) is 17.3. The van der Waals surface area contributed by atoms with Crippen LogP contribution in [0.4, 0.5) is 10.5 Å². The first-order valence-corrected chi connectivity index (χ1v) is 8.47. The van der Waals surface area contributed by atoms with Crippen LogP contribution in [0.15, 0.2) is 24.3 Å². The van der Waals surface area contributed by atoms with Crippen LogP contribution < -0.4 is 10.2 Å². The van der Waals surface area contributed by atoms with Crippen molar-refractivity contribution in [2.45, 2.75) is 32.7 Å². The quantitative estimate of drug-likeness (QED) is 0.871. The van der Waals surface area contributed by atoms with Crippen LogP contribution >= 0.6 is 0 Å². The molecule has 3 rings (SSSR count). The monoisotopic (exact) mass is 345 g/mol. The highest BCUT2D eigenvalue weighted by Crippen LogP contribution is 2.30. The highest BCUT2D eigenvalue weighted by atomic mass is 16.4. The number of carboxylic acid groups (broad SMARTS) is 1. The van der Waals surface area contributed by atoms with Gasteiger partial charge in [0.25, 0.3) is 0 Å². The number of aryl methyl sites for hydroxylation is 1. The van der Waals surface area contributed by atoms with E-state index < -0.39 is 17.4 Å². The van der Waals surface area contributed by atoms with Gasteiger partial charge in [-0.05, 0) is 38.8 Å². The fourth-order valence-corrected chi connectivity index (χ4v) is 3.34. The van der Waals surface area contributed by atoms with E-state index in [4.69, 9.17) is 0 Å². The Kier molecular flexibility index (Phi) is 4.41. The van der Waals surface area contributed by atoms with Gasteiger partial charge in [0, 0.05) is 25.3 Å². The Morgan fingerprint density at radius 3 is 2.52 bits per heavy atom. The van der Waals surface area contributed by atoms with Gasteiger partial charge in [0.15, 0.2) is 0 Å². The number of rotatable bonds is 3. The summed E-state index contributed by atoms with van der Waals surface area (Å²) in [7, 11) is 0. The number of hydrogen-bond acceptors (Lipinski definition) is 3. The molecule has 3 amide bonds. The molecule has 2 aliphatic heterocycles. The first-order valence-electron chi connectivity index (χ1n) is 8.47. The second-order valence-corrected chi connectivity index (χ2v) is 7.15. The summed E-state index contributed by atoms with van der Waals surface area (Å²) in [4.78, 5) is 39.4. The summed E-state index contributed by atoms with van der Waals surface area (Å²) in [6.45, 7) is 4.73. The maximum Gasteiger partial charge on any atom is 0.318 e. The number of anilines is 1. The van der Waals surface area contributed by atoms with Gasteiger partial charge < -0.3 is 20.2 Å². The number of carbonyl (C=O) groups is 3. The van der Waals surface area contributed by atoms with Gasteiger partial charge in [-0.2, -0.15) is 0 Å². The van der Waals surface area contributed by atoms with Gasteiger partial charge in [0.2, 0.25) is 5.91 Å². The van der Waals surface area contributed by atoms with Crippen LogP contribution in [0.5, 0.6) is 0 Å². The largest absolute Gasteiger partial charge is 0.481 e. The fourth-order valence-electron chi connectivity index (χ4n) is 3.34. The third kappa shape index (κ3) is 3.31. The maximum atomic E-state index is 12.6. The van der Waals surface area contributed by atoms with E-state index in [1.807, 2.05) is 31.2 Å². The Bertz CT molecular complexity index is 703. The van der Waals surface area contributed by atoms with E-state index in [-0.39, 0.29) is 18.5 Å². The third-order valence-corrected chi connectivity index (χ3v) is 5.13. The number of nitrogens with zero attached hydrogens (tertiary/aromatic N) is 2. The molecule has 7 heteroatoms. The van der Waals surface area contributed by atoms with Crippen LogP contribution in [-0.2, 0) is 9.59 Å². The van der Waals surface area contributed by atoms with Gasteiger partial charge in [0.1, 0.15) is 6.04 Å². The summed E-state index contributed by atoms with van der Waals surface area (Å²) >= 11 is 0. The molecule has 1 aromatic rings. The predicted octanol–water partition coefficient (Wildman–Crippen LogP) is 1.61. The van der Waals surface area contributed by atoms with Gasteiger partial charge in [-0.3, -0.25) is 9.59 Å². The topological polar surface area (TPSA) is 90.0 Å². The van der Waals surface area contributed by atoms with Gasteiger partial charge >= 0.3 is 12.0 Å². The minimum absolute atomic E-state index is 0.127. The summed E-state index contributed by atoms with van der Waals surface area (Å²) < 4.78 is 0. The minimum atomic E-state index is -0.912. The molecule has 25 heavy (non-hydrogen) atoms. The van der Waals surface area contributed by atoms with Crippen LogP contribution in [0.25, 0.3) is 0 Å². The van der Waals surface area contributed by atoms with Crippen molar-refractivity contribution in [2.75, 3.05) is 24.5 Å². The van der Waals surface area contributed by atoms with Gasteiger partial charge in [0.05, 0.1) is 5.41 Å². The van der Waals surface area contributed by atoms with Crippen molar-refractivity contribution in [3.8, 4) is 0 Å². The zero-order valence-corrected chi connectivity index (χ0v) is 14.5. The number of urea groups is 1. The highest BCUT2D eigenvalue weighted by Gasteiger charge is 2.43. The number of hydrogen-bond donors (Lipinski definition) is 2. The lowest BCUT2D eigenvalue weighted by atomic mass is 9.90. The Morgan fingerprint density at radius 1 is 1.24 bits per heavy atom.